The van der Waals surface area contributed by atoms with Gasteiger partial charge in [0, 0.05) is 36.2 Å². The Balaban J connectivity index is 0.00000324. The molecule has 11 heteroatoms. The van der Waals surface area contributed by atoms with Crippen LogP contribution in [-0.4, -0.2) is 31.0 Å². The fraction of sp³-hybridized carbons (Fsp3) is 0.174. The van der Waals surface area contributed by atoms with Gasteiger partial charge in [-0.15, -0.1) is 12.4 Å². The molecule has 0 saturated carbocycles. The van der Waals surface area contributed by atoms with Crippen molar-refractivity contribution in [2.75, 3.05) is 19.0 Å². The molecule has 0 aliphatic rings. The predicted molar refractivity (Wildman–Crippen MR) is 130 cm³/mol. The second-order valence-corrected chi connectivity index (χ2v) is 9.02. The van der Waals surface area contributed by atoms with Crippen molar-refractivity contribution in [2.45, 2.75) is 18.4 Å². The van der Waals surface area contributed by atoms with Crippen LogP contribution in [0.15, 0.2) is 66.0 Å². The second-order valence-electron chi connectivity index (χ2n) is 7.20. The molecular formula is C23H23ClF2N4O3S. The third-order valence-electron chi connectivity index (χ3n) is 5.03. The minimum absolute atomic E-state index is 0. The van der Waals surface area contributed by atoms with Gasteiger partial charge in [0.05, 0.1) is 17.8 Å². The number of nitrogens with one attached hydrogen (secondary N) is 2. The maximum atomic E-state index is 14.8. The van der Waals surface area contributed by atoms with Gasteiger partial charge in [-0.05, 0) is 55.9 Å². The van der Waals surface area contributed by atoms with E-state index in [4.69, 9.17) is 4.74 Å². The Hall–Kier alpha value is -3.21. The molecule has 2 N–H and O–H groups in total. The summed E-state index contributed by atoms with van der Waals surface area (Å²) in [6.45, 7) is 2.19. The first kappa shape index (κ1) is 25.4. The van der Waals surface area contributed by atoms with Crippen molar-refractivity contribution in [3.8, 4) is 5.75 Å². The number of anilines is 2. The van der Waals surface area contributed by atoms with Crippen LogP contribution in [0.4, 0.5) is 20.2 Å². The van der Waals surface area contributed by atoms with Gasteiger partial charge in [-0.1, -0.05) is 6.07 Å². The first-order chi connectivity index (χ1) is 15.9. The zero-order valence-electron chi connectivity index (χ0n) is 18.4. The van der Waals surface area contributed by atoms with Crippen LogP contribution in [-0.2, 0) is 16.6 Å². The molecule has 0 unspecified atom stereocenters. The molecule has 4 aromatic rings. The maximum Gasteiger partial charge on any atom is 0.269 e. The summed E-state index contributed by atoms with van der Waals surface area (Å²) in [5.74, 6) is -2.14. The summed E-state index contributed by atoms with van der Waals surface area (Å²) in [6.07, 6.45) is 4.33. The van der Waals surface area contributed by atoms with Crippen molar-refractivity contribution in [2.24, 2.45) is 0 Å². The highest BCUT2D eigenvalue weighted by atomic mass is 35.5. The molecule has 0 aliphatic heterocycles. The highest BCUT2D eigenvalue weighted by Crippen LogP contribution is 2.33. The van der Waals surface area contributed by atoms with E-state index in [0.717, 1.165) is 17.0 Å². The quantitative estimate of drug-likeness (QED) is 0.354. The predicted octanol–water partition coefficient (Wildman–Crippen LogP) is 4.84. The van der Waals surface area contributed by atoms with Crippen LogP contribution >= 0.6 is 12.4 Å². The number of nitrogens with zero attached hydrogens (tertiary/aromatic N) is 2. The van der Waals surface area contributed by atoms with E-state index in [-0.39, 0.29) is 29.6 Å². The standard InChI is InChI=1S/C23H22F2N4O3S.ClH/c1-3-32-23-19(24)8-9-20(22(23)25)28-16-6-7-18-15(12-26-2)14-29(21(18)11-16)33(30,31)17-5-4-10-27-13-17;/h4-11,13-14,26,28H,3,12H2,1-2H3;1H. The minimum atomic E-state index is -3.93. The fourth-order valence-corrected chi connectivity index (χ4v) is 4.90. The summed E-state index contributed by atoms with van der Waals surface area (Å²) < 4.78 is 61.6. The number of hydrogen-bond donors (Lipinski definition) is 2. The molecule has 0 atom stereocenters. The van der Waals surface area contributed by atoms with Gasteiger partial charge in [-0.2, -0.15) is 0 Å². The average molecular weight is 509 g/mol. The largest absolute Gasteiger partial charge is 0.488 e. The van der Waals surface area contributed by atoms with Crippen LogP contribution in [0.2, 0.25) is 0 Å². The zero-order valence-corrected chi connectivity index (χ0v) is 20.0. The molecule has 0 fully saturated rings. The molecule has 2 aromatic carbocycles. The first-order valence-corrected chi connectivity index (χ1v) is 11.6. The van der Waals surface area contributed by atoms with Crippen LogP contribution in [0.1, 0.15) is 12.5 Å². The van der Waals surface area contributed by atoms with E-state index in [2.05, 4.69) is 15.6 Å². The van der Waals surface area contributed by atoms with E-state index in [1.54, 1.807) is 44.4 Å². The van der Waals surface area contributed by atoms with E-state index >= 15 is 0 Å². The summed E-state index contributed by atoms with van der Waals surface area (Å²) in [6, 6.07) is 10.4. The number of benzene rings is 2. The summed E-state index contributed by atoms with van der Waals surface area (Å²) in [7, 11) is -2.16. The first-order valence-electron chi connectivity index (χ1n) is 10.2. The van der Waals surface area contributed by atoms with Crippen molar-refractivity contribution in [1.29, 1.82) is 0 Å². The Morgan fingerprint density at radius 2 is 1.94 bits per heavy atom. The molecule has 0 radical (unpaired) electrons. The topological polar surface area (TPSA) is 85.2 Å². The van der Waals surface area contributed by atoms with Gasteiger partial charge in [0.2, 0.25) is 0 Å². The lowest BCUT2D eigenvalue weighted by atomic mass is 10.1. The van der Waals surface area contributed by atoms with Gasteiger partial charge in [-0.25, -0.2) is 21.2 Å². The normalized spacial score (nSPS) is 11.3. The van der Waals surface area contributed by atoms with Gasteiger partial charge in [0.1, 0.15) is 4.90 Å². The summed E-state index contributed by atoms with van der Waals surface area (Å²) in [4.78, 5) is 3.96. The van der Waals surface area contributed by atoms with Crippen molar-refractivity contribution in [3.05, 3.63) is 78.3 Å². The molecule has 2 aromatic heterocycles. The van der Waals surface area contributed by atoms with Gasteiger partial charge < -0.3 is 15.4 Å². The highest BCUT2D eigenvalue weighted by Gasteiger charge is 2.22. The van der Waals surface area contributed by atoms with Crippen LogP contribution in [0.3, 0.4) is 0 Å². The molecule has 180 valence electrons. The summed E-state index contributed by atoms with van der Waals surface area (Å²) in [5, 5.41) is 6.64. The number of rotatable bonds is 8. The number of pyridine rings is 1. The smallest absolute Gasteiger partial charge is 0.269 e. The lowest BCUT2D eigenvalue weighted by molar-refractivity contribution is 0.303. The fourth-order valence-electron chi connectivity index (χ4n) is 3.55. The van der Waals surface area contributed by atoms with Gasteiger partial charge >= 0.3 is 0 Å². The Morgan fingerprint density at radius 1 is 1.15 bits per heavy atom. The molecule has 0 bridgehead atoms. The SMILES string of the molecule is CCOc1c(F)ccc(Nc2ccc3c(CNC)cn(S(=O)(=O)c4cccnc4)c3c2)c1F.Cl. The number of hydrogen-bond acceptors (Lipinski definition) is 6. The number of fused-ring (bicyclic) bond motifs is 1. The number of halogens is 3. The highest BCUT2D eigenvalue weighted by molar-refractivity contribution is 7.90. The van der Waals surface area contributed by atoms with Crippen molar-refractivity contribution in [3.63, 3.8) is 0 Å². The van der Waals surface area contributed by atoms with Crippen LogP contribution < -0.4 is 15.4 Å². The van der Waals surface area contributed by atoms with Crippen molar-refractivity contribution < 1.29 is 21.9 Å². The van der Waals surface area contributed by atoms with Crippen molar-refractivity contribution in [1.82, 2.24) is 14.3 Å². The molecular weight excluding hydrogens is 486 g/mol. The van der Waals surface area contributed by atoms with E-state index in [9.17, 15) is 17.2 Å². The van der Waals surface area contributed by atoms with E-state index in [1.165, 1.54) is 28.5 Å². The summed E-state index contributed by atoms with van der Waals surface area (Å²) in [5.41, 5.74) is 1.61. The van der Waals surface area contributed by atoms with Crippen LogP contribution in [0, 0.1) is 11.6 Å². The average Bonchev–Trinajstić information content (AvgIpc) is 3.18. The molecule has 2 heterocycles. The lowest BCUT2D eigenvalue weighted by Crippen LogP contribution is -2.12. The Morgan fingerprint density at radius 3 is 2.62 bits per heavy atom. The molecule has 7 nitrogen and oxygen atoms in total. The molecule has 0 amide bonds. The third-order valence-corrected chi connectivity index (χ3v) is 6.69. The number of ether oxygens (including phenoxy) is 1. The zero-order chi connectivity index (χ0) is 23.6. The molecule has 34 heavy (non-hydrogen) atoms. The van der Waals surface area contributed by atoms with Crippen LogP contribution in [0.25, 0.3) is 10.9 Å². The Kier molecular flexibility index (Phi) is 7.75. The lowest BCUT2D eigenvalue weighted by Gasteiger charge is -2.13. The molecule has 0 saturated heterocycles. The minimum Gasteiger partial charge on any atom is -0.488 e. The van der Waals surface area contributed by atoms with Crippen LogP contribution in [0.5, 0.6) is 5.75 Å². The van der Waals surface area contributed by atoms with Gasteiger partial charge in [0.15, 0.2) is 17.4 Å². The van der Waals surface area contributed by atoms with Gasteiger partial charge in [0.25, 0.3) is 10.0 Å². The second kappa shape index (κ2) is 10.4. The van der Waals surface area contributed by atoms with E-state index in [0.29, 0.717) is 17.7 Å². The van der Waals surface area contributed by atoms with E-state index < -0.39 is 27.4 Å². The summed E-state index contributed by atoms with van der Waals surface area (Å²) >= 11 is 0. The third kappa shape index (κ3) is 4.70. The maximum absolute atomic E-state index is 14.8. The Bertz CT molecular complexity index is 1410. The van der Waals surface area contributed by atoms with Crippen molar-refractivity contribution >= 4 is 44.7 Å². The number of aromatic nitrogens is 2. The van der Waals surface area contributed by atoms with E-state index in [1.807, 2.05) is 0 Å². The molecule has 0 spiro atoms. The molecule has 4 rings (SSSR count). The Labute approximate surface area is 202 Å². The molecule has 0 aliphatic carbocycles. The monoisotopic (exact) mass is 508 g/mol. The van der Waals surface area contributed by atoms with Gasteiger partial charge in [-0.3, -0.25) is 4.98 Å².